The maximum atomic E-state index is 12.1. The van der Waals surface area contributed by atoms with Crippen molar-refractivity contribution in [1.29, 1.82) is 0 Å². The number of anilines is 1. The van der Waals surface area contributed by atoms with E-state index in [-0.39, 0.29) is 6.04 Å². The van der Waals surface area contributed by atoms with Crippen LogP contribution in [-0.4, -0.2) is 44.5 Å². The highest BCUT2D eigenvalue weighted by atomic mass is 32.2. The summed E-state index contributed by atoms with van der Waals surface area (Å²) < 4.78 is 31.0. The molecule has 2 aliphatic heterocycles. The van der Waals surface area contributed by atoms with Crippen LogP contribution in [0.1, 0.15) is 18.1 Å². The van der Waals surface area contributed by atoms with E-state index < -0.39 is 10.0 Å². The van der Waals surface area contributed by atoms with Crippen molar-refractivity contribution in [3.63, 3.8) is 0 Å². The number of benzene rings is 2. The third kappa shape index (κ3) is 3.97. The number of hydrogen-bond acceptors (Lipinski definition) is 6. The van der Waals surface area contributed by atoms with Crippen LogP contribution in [-0.2, 0) is 16.4 Å². The predicted molar refractivity (Wildman–Crippen MR) is 119 cm³/mol. The molecule has 0 fully saturated rings. The summed E-state index contributed by atoms with van der Waals surface area (Å²) in [5.74, 6) is 1.38. The largest absolute Gasteiger partial charge is 0.494 e. The molecule has 0 aliphatic carbocycles. The summed E-state index contributed by atoms with van der Waals surface area (Å²) in [7, 11) is -1.66. The average molecular weight is 431 g/mol. The van der Waals surface area contributed by atoms with E-state index in [4.69, 9.17) is 4.74 Å². The van der Waals surface area contributed by atoms with Crippen LogP contribution in [0.25, 0.3) is 0 Å². The molecule has 0 saturated heterocycles. The number of aliphatic imine (C=N–C) groups is 1. The van der Waals surface area contributed by atoms with Crippen LogP contribution in [0, 0.1) is 0 Å². The van der Waals surface area contributed by atoms with E-state index in [1.54, 1.807) is 18.9 Å². The lowest BCUT2D eigenvalue weighted by Crippen LogP contribution is -2.34. The van der Waals surface area contributed by atoms with Crippen LogP contribution >= 0.6 is 11.8 Å². The van der Waals surface area contributed by atoms with Crippen molar-refractivity contribution in [2.75, 3.05) is 23.4 Å². The van der Waals surface area contributed by atoms with Gasteiger partial charge in [-0.15, -0.1) is 0 Å². The zero-order chi connectivity index (χ0) is 20.6. The molecule has 9 heteroatoms. The number of hydrazone groups is 1. The summed E-state index contributed by atoms with van der Waals surface area (Å²) in [5.41, 5.74) is 7.45. The molecule has 0 aromatic heterocycles. The van der Waals surface area contributed by atoms with Gasteiger partial charge in [-0.1, -0.05) is 30.0 Å². The number of nitrogens with one attached hydrogen (secondary N) is 1. The molecule has 7 nitrogen and oxygen atoms in total. The molecule has 29 heavy (non-hydrogen) atoms. The van der Waals surface area contributed by atoms with Crippen LogP contribution < -0.4 is 14.5 Å². The molecule has 1 atom stereocenters. The van der Waals surface area contributed by atoms with E-state index in [1.807, 2.05) is 49.4 Å². The molecule has 0 unspecified atom stereocenters. The van der Waals surface area contributed by atoms with Crippen LogP contribution in [0.3, 0.4) is 0 Å². The number of amidine groups is 1. The number of para-hydroxylation sites is 2. The van der Waals surface area contributed by atoms with E-state index in [0.29, 0.717) is 23.1 Å². The number of fused-ring (bicyclic) bond motifs is 1. The van der Waals surface area contributed by atoms with Gasteiger partial charge >= 0.3 is 0 Å². The Morgan fingerprint density at radius 1 is 1.28 bits per heavy atom. The fourth-order valence-electron chi connectivity index (χ4n) is 3.64. The van der Waals surface area contributed by atoms with Gasteiger partial charge in [-0.25, -0.2) is 13.4 Å². The Bertz CT molecular complexity index is 1110. The number of nitrogens with zero attached hydrogens (tertiary/aromatic N) is 3. The number of ether oxygens (including phenoxy) is 1. The number of sulfonamides is 1. The minimum absolute atomic E-state index is 0.0735. The Hall–Kier alpha value is -2.52. The first-order valence-corrected chi connectivity index (χ1v) is 12.0. The third-order valence-corrected chi connectivity index (χ3v) is 7.01. The molecule has 2 aromatic rings. The highest BCUT2D eigenvalue weighted by molar-refractivity contribution is 8.14. The topological polar surface area (TPSA) is 83.4 Å². The van der Waals surface area contributed by atoms with Crippen LogP contribution in [0.5, 0.6) is 5.75 Å². The molecule has 0 saturated carbocycles. The second-order valence-corrected chi connectivity index (χ2v) is 9.83. The van der Waals surface area contributed by atoms with Crippen molar-refractivity contribution in [2.24, 2.45) is 10.1 Å². The van der Waals surface area contributed by atoms with Gasteiger partial charge in [0.15, 0.2) is 5.17 Å². The molecule has 0 radical (unpaired) electrons. The summed E-state index contributed by atoms with van der Waals surface area (Å²) >= 11 is 1.57. The van der Waals surface area contributed by atoms with Gasteiger partial charge in [0.25, 0.3) is 0 Å². The number of hydrogen-bond donors (Lipinski definition) is 1. The molecule has 152 valence electrons. The maximum absolute atomic E-state index is 12.1. The Morgan fingerprint density at radius 2 is 2.07 bits per heavy atom. The van der Waals surface area contributed by atoms with Gasteiger partial charge < -0.3 is 4.74 Å². The molecule has 2 heterocycles. The zero-order valence-electron chi connectivity index (χ0n) is 16.4. The lowest BCUT2D eigenvalue weighted by atomic mass is 10.0. The Labute approximate surface area is 174 Å². The van der Waals surface area contributed by atoms with Crippen molar-refractivity contribution < 1.29 is 13.2 Å². The van der Waals surface area contributed by atoms with Crippen molar-refractivity contribution >= 4 is 44.0 Å². The summed E-state index contributed by atoms with van der Waals surface area (Å²) in [5, 5.41) is 5.19. The van der Waals surface area contributed by atoms with Gasteiger partial charge in [0, 0.05) is 11.8 Å². The normalized spacial score (nSPS) is 20.2. The van der Waals surface area contributed by atoms with Gasteiger partial charge in [0.05, 0.1) is 24.8 Å². The van der Waals surface area contributed by atoms with E-state index in [1.165, 1.54) is 10.6 Å². The molecular formula is C20H22N4O3S2. The van der Waals surface area contributed by atoms with Crippen molar-refractivity contribution in [3.8, 4) is 5.75 Å². The molecule has 0 amide bonds. The Kier molecular flexibility index (Phi) is 5.26. The molecule has 0 spiro atoms. The second-order valence-electron chi connectivity index (χ2n) is 7.00. The van der Waals surface area contributed by atoms with Gasteiger partial charge in [-0.2, -0.15) is 5.10 Å². The molecule has 1 N–H and O–H groups in total. The fourth-order valence-corrected chi connectivity index (χ4v) is 5.68. The molecule has 4 rings (SSSR count). The summed E-state index contributed by atoms with van der Waals surface area (Å²) in [6.07, 6.45) is 1.95. The number of thioether (sulfide) groups is 1. The molecule has 2 aromatic carbocycles. The van der Waals surface area contributed by atoms with E-state index >= 15 is 0 Å². The number of rotatable bonds is 4. The quantitative estimate of drug-likeness (QED) is 0.806. The average Bonchev–Trinajstić information content (AvgIpc) is 3.04. The smallest absolute Gasteiger partial charge is 0.232 e. The van der Waals surface area contributed by atoms with Crippen LogP contribution in [0.2, 0.25) is 0 Å². The van der Waals surface area contributed by atoms with Crippen molar-refractivity contribution in [3.05, 3.63) is 53.6 Å². The summed E-state index contributed by atoms with van der Waals surface area (Å²) in [6, 6.07) is 13.3. The van der Waals surface area contributed by atoms with Gasteiger partial charge in [0.2, 0.25) is 10.0 Å². The first-order valence-electron chi connectivity index (χ1n) is 9.16. The first kappa shape index (κ1) is 19.8. The van der Waals surface area contributed by atoms with Gasteiger partial charge in [-0.05, 0) is 48.7 Å². The van der Waals surface area contributed by atoms with E-state index in [2.05, 4.69) is 15.5 Å². The Balaban J connectivity index is 1.56. The minimum atomic E-state index is -3.29. The highest BCUT2D eigenvalue weighted by Crippen LogP contribution is 2.35. The minimum Gasteiger partial charge on any atom is -0.494 e. The van der Waals surface area contributed by atoms with Gasteiger partial charge in [-0.3, -0.25) is 9.73 Å². The van der Waals surface area contributed by atoms with Crippen molar-refractivity contribution in [1.82, 2.24) is 5.43 Å². The van der Waals surface area contributed by atoms with Crippen LogP contribution in [0.4, 0.5) is 11.4 Å². The summed E-state index contributed by atoms with van der Waals surface area (Å²) in [6.45, 7) is 1.93. The second kappa shape index (κ2) is 7.72. The SMILES string of the molecule is COc1ccccc1N=C1NN=C(c2ccc3c(c2)C[C@@H](C)N3S(C)(=O)=O)CS1. The van der Waals surface area contributed by atoms with Gasteiger partial charge in [0.1, 0.15) is 11.4 Å². The predicted octanol–water partition coefficient (Wildman–Crippen LogP) is 3.13. The molecule has 2 aliphatic rings. The lowest BCUT2D eigenvalue weighted by Gasteiger charge is -2.22. The monoisotopic (exact) mass is 430 g/mol. The third-order valence-electron chi connectivity index (χ3n) is 4.86. The number of methoxy groups -OCH3 is 1. The highest BCUT2D eigenvalue weighted by Gasteiger charge is 2.32. The fraction of sp³-hybridized carbons (Fsp3) is 0.300. The molecule has 0 bridgehead atoms. The maximum Gasteiger partial charge on any atom is 0.232 e. The standard InChI is InChI=1S/C20H22N4O3S2/c1-13-10-15-11-14(8-9-18(15)24(13)29(3,25)26)17-12-28-20(23-22-17)21-16-6-4-5-7-19(16)27-2/h4-9,11,13H,10,12H2,1-3H3,(H,21,23)/t13-/m1/s1. The summed E-state index contributed by atoms with van der Waals surface area (Å²) in [4.78, 5) is 4.58. The van der Waals surface area contributed by atoms with E-state index in [0.717, 1.165) is 28.2 Å². The molecular weight excluding hydrogens is 408 g/mol. The zero-order valence-corrected chi connectivity index (χ0v) is 18.0. The van der Waals surface area contributed by atoms with Crippen LogP contribution in [0.15, 0.2) is 52.6 Å². The first-order chi connectivity index (χ1) is 13.9. The van der Waals surface area contributed by atoms with Crippen molar-refractivity contribution in [2.45, 2.75) is 19.4 Å². The lowest BCUT2D eigenvalue weighted by molar-refractivity contribution is 0.416. The van der Waals surface area contributed by atoms with E-state index in [9.17, 15) is 8.42 Å². The Morgan fingerprint density at radius 3 is 2.76 bits per heavy atom.